The summed E-state index contributed by atoms with van der Waals surface area (Å²) in [7, 11) is 0. The summed E-state index contributed by atoms with van der Waals surface area (Å²) in [4.78, 5) is 4.59. The molecule has 0 saturated heterocycles. The number of benzene rings is 2. The number of rotatable bonds is 3. The summed E-state index contributed by atoms with van der Waals surface area (Å²) < 4.78 is 26.6. The Bertz CT molecular complexity index is 980. The van der Waals surface area contributed by atoms with E-state index in [1.807, 2.05) is 42.3 Å². The van der Waals surface area contributed by atoms with Gasteiger partial charge in [0.05, 0.1) is 0 Å². The third-order valence-corrected chi connectivity index (χ3v) is 4.17. The molecule has 2 N–H and O–H groups in total. The molecule has 0 spiro atoms. The quantitative estimate of drug-likeness (QED) is 0.757. The van der Waals surface area contributed by atoms with Crippen LogP contribution in [0.4, 0.5) is 14.6 Å². The van der Waals surface area contributed by atoms with Gasteiger partial charge in [-0.05, 0) is 30.2 Å². The lowest BCUT2D eigenvalue weighted by atomic mass is 10.0. The fraction of sp³-hybridized carbons (Fsp3) is 0.158. The van der Waals surface area contributed by atoms with Crippen LogP contribution < -0.4 is 5.43 Å². The zero-order chi connectivity index (χ0) is 18.1. The van der Waals surface area contributed by atoms with Crippen LogP contribution in [0.1, 0.15) is 22.4 Å². The van der Waals surface area contributed by atoms with E-state index >= 15 is 0 Å². The molecule has 0 aliphatic carbocycles. The number of hydrogen-bond acceptors (Lipinski definition) is 3. The van der Waals surface area contributed by atoms with Gasteiger partial charge in [-0.3, -0.25) is 5.10 Å². The average Bonchev–Trinajstić information content (AvgIpc) is 3.03. The second-order valence-electron chi connectivity index (χ2n) is 6.24. The number of amidine groups is 1. The van der Waals surface area contributed by atoms with Crippen LogP contribution in [-0.4, -0.2) is 21.0 Å². The summed E-state index contributed by atoms with van der Waals surface area (Å²) >= 11 is 0. The molecule has 5 nitrogen and oxygen atoms in total. The topological polar surface area (TPSA) is 56.3 Å². The number of nitrogens with zero attached hydrogens (tertiary/aromatic N) is 3. The zero-order valence-corrected chi connectivity index (χ0v) is 14.1. The first-order valence-corrected chi connectivity index (χ1v) is 8.23. The Morgan fingerprint density at radius 2 is 1.96 bits per heavy atom. The molecule has 1 aromatic heterocycles. The Morgan fingerprint density at radius 3 is 2.73 bits per heavy atom. The van der Waals surface area contributed by atoms with Crippen LogP contribution in [0.25, 0.3) is 0 Å². The molecule has 0 atom stereocenters. The van der Waals surface area contributed by atoms with Crippen LogP contribution in [0.2, 0.25) is 0 Å². The minimum atomic E-state index is -0.846. The maximum absolute atomic E-state index is 13.5. The standard InChI is InChI=1S/C19H17F2N5/c1-12-8-18(24-23-12)22-19-15-5-3-2-4-14(15)11-26(25-19)10-13-6-7-16(20)17(21)9-13/h2-9H,10-11H2,1H3,(H2,22,23,24,25). The summed E-state index contributed by atoms with van der Waals surface area (Å²) in [6.07, 6.45) is 0. The van der Waals surface area contributed by atoms with Gasteiger partial charge in [0.25, 0.3) is 0 Å². The van der Waals surface area contributed by atoms with E-state index in [1.165, 1.54) is 6.07 Å². The largest absolute Gasteiger partial charge is 0.302 e. The van der Waals surface area contributed by atoms with Gasteiger partial charge in [0.15, 0.2) is 23.3 Å². The second-order valence-corrected chi connectivity index (χ2v) is 6.24. The molecule has 4 rings (SSSR count). The first-order chi connectivity index (χ1) is 12.6. The summed E-state index contributed by atoms with van der Waals surface area (Å²) in [6, 6.07) is 13.7. The molecule has 2 heterocycles. The SMILES string of the molecule is Cc1cc(N=C2NN(Cc3ccc(F)c(F)c3)Cc3ccccc32)n[nH]1. The molecule has 0 fully saturated rings. The summed E-state index contributed by atoms with van der Waals surface area (Å²) in [5, 5.41) is 8.93. The highest BCUT2D eigenvalue weighted by Gasteiger charge is 2.21. The molecule has 132 valence electrons. The average molecular weight is 353 g/mol. The molecule has 26 heavy (non-hydrogen) atoms. The van der Waals surface area contributed by atoms with E-state index in [-0.39, 0.29) is 0 Å². The Balaban J connectivity index is 1.64. The van der Waals surface area contributed by atoms with Crippen molar-refractivity contribution in [3.05, 3.63) is 82.5 Å². The normalized spacial score (nSPS) is 15.7. The monoisotopic (exact) mass is 353 g/mol. The number of aliphatic imine (C=N–C) groups is 1. The number of H-pyrrole nitrogens is 1. The molecular weight excluding hydrogens is 336 g/mol. The van der Waals surface area contributed by atoms with Crippen LogP contribution in [0.15, 0.2) is 53.5 Å². The molecule has 0 radical (unpaired) electrons. The molecule has 0 amide bonds. The van der Waals surface area contributed by atoms with E-state index in [2.05, 4.69) is 20.6 Å². The smallest absolute Gasteiger partial charge is 0.175 e. The van der Waals surface area contributed by atoms with Gasteiger partial charge in [-0.2, -0.15) is 5.10 Å². The number of aromatic nitrogens is 2. The zero-order valence-electron chi connectivity index (χ0n) is 14.1. The van der Waals surface area contributed by atoms with Crippen molar-refractivity contribution in [2.45, 2.75) is 20.0 Å². The van der Waals surface area contributed by atoms with E-state index in [4.69, 9.17) is 0 Å². The minimum Gasteiger partial charge on any atom is -0.302 e. The van der Waals surface area contributed by atoms with Crippen molar-refractivity contribution in [1.29, 1.82) is 0 Å². The molecule has 1 aliphatic heterocycles. The van der Waals surface area contributed by atoms with E-state index in [0.717, 1.165) is 22.9 Å². The van der Waals surface area contributed by atoms with Crippen molar-refractivity contribution in [3.63, 3.8) is 0 Å². The van der Waals surface area contributed by atoms with Gasteiger partial charge in [0, 0.05) is 30.4 Å². The third-order valence-electron chi connectivity index (χ3n) is 4.17. The Morgan fingerprint density at radius 1 is 1.12 bits per heavy atom. The lowest BCUT2D eigenvalue weighted by molar-refractivity contribution is 0.209. The van der Waals surface area contributed by atoms with Crippen molar-refractivity contribution in [2.75, 3.05) is 0 Å². The van der Waals surface area contributed by atoms with Gasteiger partial charge in [0.2, 0.25) is 0 Å². The van der Waals surface area contributed by atoms with Crippen LogP contribution in [0.3, 0.4) is 0 Å². The van der Waals surface area contributed by atoms with Crippen molar-refractivity contribution >= 4 is 11.7 Å². The molecule has 7 heteroatoms. The van der Waals surface area contributed by atoms with Crippen molar-refractivity contribution in [3.8, 4) is 0 Å². The number of aromatic amines is 1. The lowest BCUT2D eigenvalue weighted by Crippen LogP contribution is -2.45. The van der Waals surface area contributed by atoms with Gasteiger partial charge in [-0.15, -0.1) is 0 Å². The second kappa shape index (κ2) is 6.68. The fourth-order valence-electron chi connectivity index (χ4n) is 2.96. The fourth-order valence-corrected chi connectivity index (χ4v) is 2.96. The summed E-state index contributed by atoms with van der Waals surface area (Å²) in [5.41, 5.74) is 6.95. The third kappa shape index (κ3) is 3.34. The van der Waals surface area contributed by atoms with E-state index in [1.54, 1.807) is 6.07 Å². The highest BCUT2D eigenvalue weighted by molar-refractivity contribution is 6.01. The van der Waals surface area contributed by atoms with E-state index < -0.39 is 11.6 Å². The minimum absolute atomic E-state index is 0.407. The first kappa shape index (κ1) is 16.4. The number of fused-ring (bicyclic) bond motifs is 1. The van der Waals surface area contributed by atoms with Crippen LogP contribution >= 0.6 is 0 Å². The summed E-state index contributed by atoms with van der Waals surface area (Å²) in [6.45, 7) is 2.94. The molecule has 0 bridgehead atoms. The highest BCUT2D eigenvalue weighted by Crippen LogP contribution is 2.21. The molecule has 1 aliphatic rings. The number of halogens is 2. The molecule has 2 aromatic carbocycles. The summed E-state index contributed by atoms with van der Waals surface area (Å²) in [5.74, 6) is -0.446. The van der Waals surface area contributed by atoms with Gasteiger partial charge < -0.3 is 5.43 Å². The van der Waals surface area contributed by atoms with Crippen molar-refractivity contribution in [2.24, 2.45) is 4.99 Å². The van der Waals surface area contributed by atoms with Crippen LogP contribution in [0, 0.1) is 18.6 Å². The predicted octanol–water partition coefficient (Wildman–Crippen LogP) is 3.60. The van der Waals surface area contributed by atoms with Gasteiger partial charge in [-0.25, -0.2) is 18.8 Å². The van der Waals surface area contributed by atoms with E-state index in [9.17, 15) is 8.78 Å². The van der Waals surface area contributed by atoms with Crippen molar-refractivity contribution < 1.29 is 8.78 Å². The number of hydrazine groups is 1. The van der Waals surface area contributed by atoms with Crippen LogP contribution in [0.5, 0.6) is 0 Å². The van der Waals surface area contributed by atoms with Gasteiger partial charge in [0.1, 0.15) is 0 Å². The Labute approximate surface area is 149 Å². The predicted molar refractivity (Wildman–Crippen MR) is 94.7 cm³/mol. The molecule has 0 unspecified atom stereocenters. The van der Waals surface area contributed by atoms with Gasteiger partial charge >= 0.3 is 0 Å². The maximum atomic E-state index is 13.5. The highest BCUT2D eigenvalue weighted by atomic mass is 19.2. The number of aryl methyl sites for hydroxylation is 1. The lowest BCUT2D eigenvalue weighted by Gasteiger charge is -2.31. The first-order valence-electron chi connectivity index (χ1n) is 8.23. The number of hydrogen-bond donors (Lipinski definition) is 2. The Hall–Kier alpha value is -3.06. The Kier molecular flexibility index (Phi) is 4.22. The van der Waals surface area contributed by atoms with Crippen molar-refractivity contribution in [1.82, 2.24) is 20.6 Å². The van der Waals surface area contributed by atoms with E-state index in [0.29, 0.717) is 30.3 Å². The van der Waals surface area contributed by atoms with Gasteiger partial charge in [-0.1, -0.05) is 30.3 Å². The molecule has 0 saturated carbocycles. The molecular formula is C19H17F2N5. The maximum Gasteiger partial charge on any atom is 0.175 e. The van der Waals surface area contributed by atoms with Crippen LogP contribution in [-0.2, 0) is 13.1 Å². The number of nitrogens with one attached hydrogen (secondary N) is 2. The molecule has 3 aromatic rings.